The monoisotopic (exact) mass is 350 g/mol. The van der Waals surface area contributed by atoms with E-state index in [-0.39, 0.29) is 12.0 Å². The minimum absolute atomic E-state index is 0.0270. The number of hydrogen-bond donors (Lipinski definition) is 1. The van der Waals surface area contributed by atoms with Crippen molar-refractivity contribution in [1.29, 1.82) is 0 Å². The van der Waals surface area contributed by atoms with Crippen molar-refractivity contribution in [2.24, 2.45) is 0 Å². The lowest BCUT2D eigenvalue weighted by Crippen LogP contribution is -2.24. The molecule has 4 nitrogen and oxygen atoms in total. The second-order valence-corrected chi connectivity index (χ2v) is 6.73. The van der Waals surface area contributed by atoms with Crippen LogP contribution < -0.4 is 10.1 Å². The molecule has 0 bridgehead atoms. The second-order valence-electron chi connectivity index (χ2n) is 6.73. The molecule has 26 heavy (non-hydrogen) atoms. The molecule has 1 aromatic heterocycles. The van der Waals surface area contributed by atoms with E-state index in [4.69, 9.17) is 4.74 Å². The molecule has 0 aliphatic rings. The fraction of sp³-hybridized carbons (Fsp3) is 0.318. The Morgan fingerprint density at radius 3 is 2.73 bits per heavy atom. The van der Waals surface area contributed by atoms with Crippen LogP contribution in [-0.4, -0.2) is 16.6 Å². The number of ether oxygens (including phenoxy) is 1. The van der Waals surface area contributed by atoms with Crippen LogP contribution >= 0.6 is 0 Å². The predicted molar refractivity (Wildman–Crippen MR) is 105 cm³/mol. The highest BCUT2D eigenvalue weighted by Gasteiger charge is 2.11. The van der Waals surface area contributed by atoms with Gasteiger partial charge in [-0.05, 0) is 50.1 Å². The molecular formula is C22H26N2O2. The minimum Gasteiger partial charge on any atom is -0.491 e. The van der Waals surface area contributed by atoms with Crippen LogP contribution in [0.1, 0.15) is 31.9 Å². The van der Waals surface area contributed by atoms with Crippen molar-refractivity contribution < 1.29 is 9.53 Å². The maximum atomic E-state index is 12.4. The minimum atomic E-state index is 0.0270. The molecule has 0 aliphatic carbocycles. The number of para-hydroxylation sites is 1. The molecule has 3 aromatic rings. The van der Waals surface area contributed by atoms with Crippen molar-refractivity contribution in [2.45, 2.75) is 46.4 Å². The van der Waals surface area contributed by atoms with Crippen molar-refractivity contribution >= 4 is 16.8 Å². The van der Waals surface area contributed by atoms with E-state index in [1.807, 2.05) is 50.2 Å². The van der Waals surface area contributed by atoms with Crippen LogP contribution in [0.5, 0.6) is 5.75 Å². The number of hydrogen-bond acceptors (Lipinski definition) is 2. The Hall–Kier alpha value is -2.75. The Bertz CT molecular complexity index is 896. The van der Waals surface area contributed by atoms with Crippen LogP contribution in [0.2, 0.25) is 0 Å². The van der Waals surface area contributed by atoms with Crippen LogP contribution in [0.4, 0.5) is 0 Å². The van der Waals surface area contributed by atoms with Crippen molar-refractivity contribution in [3.05, 3.63) is 65.9 Å². The molecule has 136 valence electrons. The molecular weight excluding hydrogens is 324 g/mol. The number of aryl methyl sites for hydroxylation is 1. The SMILES string of the molecule is CCn1cc(CC(=O)NCc2cccc(OC(C)C)c2)c2ccccc21. The van der Waals surface area contributed by atoms with Crippen molar-refractivity contribution in [1.82, 2.24) is 9.88 Å². The third-order valence-electron chi connectivity index (χ3n) is 4.32. The molecule has 0 saturated carbocycles. The lowest BCUT2D eigenvalue weighted by Gasteiger charge is -2.11. The zero-order valence-corrected chi connectivity index (χ0v) is 15.7. The molecule has 0 atom stereocenters. The fourth-order valence-corrected chi connectivity index (χ4v) is 3.16. The quantitative estimate of drug-likeness (QED) is 0.690. The Labute approximate surface area is 154 Å². The van der Waals surface area contributed by atoms with Gasteiger partial charge in [-0.15, -0.1) is 0 Å². The summed E-state index contributed by atoms with van der Waals surface area (Å²) in [6, 6.07) is 16.1. The van der Waals surface area contributed by atoms with Crippen LogP contribution in [0.15, 0.2) is 54.7 Å². The summed E-state index contributed by atoms with van der Waals surface area (Å²) in [7, 11) is 0. The van der Waals surface area contributed by atoms with E-state index in [1.54, 1.807) is 0 Å². The molecule has 0 fully saturated rings. The standard InChI is InChI=1S/C22H26N2O2/c1-4-24-15-18(20-10-5-6-11-21(20)24)13-22(25)23-14-17-8-7-9-19(12-17)26-16(2)3/h5-12,15-16H,4,13-14H2,1-3H3,(H,23,25). The Morgan fingerprint density at radius 1 is 1.15 bits per heavy atom. The van der Waals surface area contributed by atoms with E-state index in [1.165, 1.54) is 5.52 Å². The zero-order valence-electron chi connectivity index (χ0n) is 15.7. The van der Waals surface area contributed by atoms with Gasteiger partial charge >= 0.3 is 0 Å². The van der Waals surface area contributed by atoms with E-state index in [9.17, 15) is 4.79 Å². The van der Waals surface area contributed by atoms with Crippen molar-refractivity contribution in [3.8, 4) is 5.75 Å². The molecule has 0 radical (unpaired) electrons. The topological polar surface area (TPSA) is 43.3 Å². The van der Waals surface area contributed by atoms with E-state index in [2.05, 4.69) is 35.1 Å². The number of amides is 1. The maximum Gasteiger partial charge on any atom is 0.224 e. The molecule has 1 N–H and O–H groups in total. The summed E-state index contributed by atoms with van der Waals surface area (Å²) in [6.07, 6.45) is 2.60. The van der Waals surface area contributed by atoms with Crippen molar-refractivity contribution in [2.75, 3.05) is 0 Å². The first-order chi connectivity index (χ1) is 12.6. The number of fused-ring (bicyclic) bond motifs is 1. The van der Waals surface area contributed by atoms with Gasteiger partial charge in [0.05, 0.1) is 12.5 Å². The van der Waals surface area contributed by atoms with E-state index in [0.29, 0.717) is 13.0 Å². The maximum absolute atomic E-state index is 12.4. The van der Waals surface area contributed by atoms with Gasteiger partial charge in [0.25, 0.3) is 0 Å². The van der Waals surface area contributed by atoms with E-state index >= 15 is 0 Å². The third-order valence-corrected chi connectivity index (χ3v) is 4.32. The molecule has 1 amide bonds. The van der Waals surface area contributed by atoms with Gasteiger partial charge in [-0.1, -0.05) is 30.3 Å². The molecule has 0 unspecified atom stereocenters. The third kappa shape index (κ3) is 4.26. The van der Waals surface area contributed by atoms with Gasteiger partial charge in [0, 0.05) is 30.2 Å². The first-order valence-electron chi connectivity index (χ1n) is 9.16. The predicted octanol–water partition coefficient (Wildman–Crippen LogP) is 4.31. The number of benzene rings is 2. The van der Waals surface area contributed by atoms with Crippen LogP contribution in [0, 0.1) is 0 Å². The highest BCUT2D eigenvalue weighted by molar-refractivity contribution is 5.89. The summed E-state index contributed by atoms with van der Waals surface area (Å²) in [5.74, 6) is 0.858. The zero-order chi connectivity index (χ0) is 18.5. The average Bonchev–Trinajstić information content (AvgIpc) is 2.98. The smallest absolute Gasteiger partial charge is 0.224 e. The summed E-state index contributed by atoms with van der Waals surface area (Å²) >= 11 is 0. The van der Waals surface area contributed by atoms with Crippen LogP contribution in [-0.2, 0) is 24.3 Å². The van der Waals surface area contributed by atoms with Crippen molar-refractivity contribution in [3.63, 3.8) is 0 Å². The molecule has 4 heteroatoms. The van der Waals surface area contributed by atoms with Gasteiger partial charge in [-0.2, -0.15) is 0 Å². The highest BCUT2D eigenvalue weighted by atomic mass is 16.5. The summed E-state index contributed by atoms with van der Waals surface area (Å²) in [4.78, 5) is 12.4. The van der Waals surface area contributed by atoms with Gasteiger partial charge in [-0.25, -0.2) is 0 Å². The van der Waals surface area contributed by atoms with Gasteiger partial charge < -0.3 is 14.6 Å². The lowest BCUT2D eigenvalue weighted by atomic mass is 10.1. The molecule has 0 aliphatic heterocycles. The van der Waals surface area contributed by atoms with Gasteiger partial charge in [0.1, 0.15) is 5.75 Å². The fourth-order valence-electron chi connectivity index (χ4n) is 3.16. The Kier molecular flexibility index (Phi) is 5.61. The number of nitrogens with one attached hydrogen (secondary N) is 1. The van der Waals surface area contributed by atoms with E-state index < -0.39 is 0 Å². The molecule has 0 spiro atoms. The number of carbonyl (C=O) groups excluding carboxylic acids is 1. The summed E-state index contributed by atoms with van der Waals surface area (Å²) < 4.78 is 7.89. The van der Waals surface area contributed by atoms with Gasteiger partial charge in [0.2, 0.25) is 5.91 Å². The molecule has 3 rings (SSSR count). The molecule has 2 aromatic carbocycles. The number of carbonyl (C=O) groups is 1. The summed E-state index contributed by atoms with van der Waals surface area (Å²) in [5.41, 5.74) is 3.28. The van der Waals surface area contributed by atoms with Gasteiger partial charge in [-0.3, -0.25) is 4.79 Å². The lowest BCUT2D eigenvalue weighted by molar-refractivity contribution is -0.120. The highest BCUT2D eigenvalue weighted by Crippen LogP contribution is 2.22. The summed E-state index contributed by atoms with van der Waals surface area (Å²) in [5, 5.41) is 4.17. The summed E-state index contributed by atoms with van der Waals surface area (Å²) in [6.45, 7) is 7.51. The number of nitrogens with zero attached hydrogens (tertiary/aromatic N) is 1. The van der Waals surface area contributed by atoms with Crippen LogP contribution in [0.25, 0.3) is 10.9 Å². The largest absolute Gasteiger partial charge is 0.491 e. The number of rotatable bonds is 7. The second kappa shape index (κ2) is 8.09. The van der Waals surface area contributed by atoms with Crippen LogP contribution in [0.3, 0.4) is 0 Å². The first kappa shape index (κ1) is 18.1. The van der Waals surface area contributed by atoms with E-state index in [0.717, 1.165) is 28.8 Å². The molecule has 0 saturated heterocycles. The Morgan fingerprint density at radius 2 is 1.96 bits per heavy atom. The molecule has 1 heterocycles. The Balaban J connectivity index is 1.65. The first-order valence-corrected chi connectivity index (χ1v) is 9.16. The number of aromatic nitrogens is 1. The average molecular weight is 350 g/mol. The van der Waals surface area contributed by atoms with Gasteiger partial charge in [0.15, 0.2) is 0 Å². The normalized spacial score (nSPS) is 11.1.